The molecule has 0 spiro atoms. The molecule has 0 aromatic heterocycles. The number of alkyl halides is 1. The molecule has 0 radical (unpaired) electrons. The second kappa shape index (κ2) is 6.06. The van der Waals surface area contributed by atoms with Crippen LogP contribution in [0.15, 0.2) is 42.5 Å². The van der Waals surface area contributed by atoms with Crippen LogP contribution in [-0.2, 0) is 5.33 Å². The first kappa shape index (κ1) is 13.8. The predicted octanol–water partition coefficient (Wildman–Crippen LogP) is 4.79. The van der Waals surface area contributed by atoms with Crippen molar-refractivity contribution >= 4 is 27.5 Å². The molecule has 1 aliphatic rings. The third-order valence-corrected chi connectivity index (χ3v) is 4.33. The Hall–Kier alpha value is -1.19. The zero-order valence-electron chi connectivity index (χ0n) is 10.8. The Morgan fingerprint density at radius 2 is 2.10 bits per heavy atom. The Labute approximate surface area is 131 Å². The van der Waals surface area contributed by atoms with Crippen LogP contribution in [0, 0.1) is 0 Å². The Bertz CT molecular complexity index is 615. The van der Waals surface area contributed by atoms with E-state index in [2.05, 4.69) is 22.0 Å². The van der Waals surface area contributed by atoms with E-state index >= 15 is 0 Å². The van der Waals surface area contributed by atoms with Crippen molar-refractivity contribution in [2.75, 3.05) is 13.2 Å². The van der Waals surface area contributed by atoms with Gasteiger partial charge in [0.1, 0.15) is 11.5 Å². The third kappa shape index (κ3) is 2.79. The lowest BCUT2D eigenvalue weighted by atomic mass is 10.0. The summed E-state index contributed by atoms with van der Waals surface area (Å²) in [4.78, 5) is 0. The molecule has 1 atom stereocenters. The van der Waals surface area contributed by atoms with Crippen LogP contribution in [-0.4, -0.2) is 13.2 Å². The van der Waals surface area contributed by atoms with Gasteiger partial charge in [-0.05, 0) is 23.8 Å². The predicted molar refractivity (Wildman–Crippen MR) is 84.3 cm³/mol. The Kier molecular flexibility index (Phi) is 4.18. The van der Waals surface area contributed by atoms with Crippen molar-refractivity contribution in [1.29, 1.82) is 0 Å². The highest BCUT2D eigenvalue weighted by Crippen LogP contribution is 2.34. The molecule has 2 aromatic carbocycles. The van der Waals surface area contributed by atoms with Crippen LogP contribution >= 0.6 is 27.5 Å². The van der Waals surface area contributed by atoms with E-state index in [1.807, 2.05) is 36.4 Å². The first-order valence-electron chi connectivity index (χ1n) is 6.47. The van der Waals surface area contributed by atoms with Crippen molar-refractivity contribution in [2.45, 2.75) is 11.2 Å². The van der Waals surface area contributed by atoms with E-state index < -0.39 is 0 Å². The molecule has 1 unspecified atom stereocenters. The SMILES string of the molecule is Clc1cc(CBr)ccc1OCC1COc2ccccc21. The summed E-state index contributed by atoms with van der Waals surface area (Å²) in [7, 11) is 0. The Morgan fingerprint density at radius 3 is 2.90 bits per heavy atom. The molecule has 1 heterocycles. The molecule has 0 aliphatic carbocycles. The molecule has 20 heavy (non-hydrogen) atoms. The smallest absolute Gasteiger partial charge is 0.137 e. The van der Waals surface area contributed by atoms with Crippen LogP contribution in [0.5, 0.6) is 11.5 Å². The maximum Gasteiger partial charge on any atom is 0.137 e. The van der Waals surface area contributed by atoms with Crippen LogP contribution in [0.1, 0.15) is 17.0 Å². The van der Waals surface area contributed by atoms with Crippen LogP contribution < -0.4 is 9.47 Å². The number of fused-ring (bicyclic) bond motifs is 1. The summed E-state index contributed by atoms with van der Waals surface area (Å²) in [5.41, 5.74) is 2.34. The van der Waals surface area contributed by atoms with Gasteiger partial charge in [0, 0.05) is 10.9 Å². The number of halogens is 2. The topological polar surface area (TPSA) is 18.5 Å². The van der Waals surface area contributed by atoms with Gasteiger partial charge in [-0.25, -0.2) is 0 Å². The zero-order valence-corrected chi connectivity index (χ0v) is 13.2. The van der Waals surface area contributed by atoms with Gasteiger partial charge in [-0.15, -0.1) is 0 Å². The summed E-state index contributed by atoms with van der Waals surface area (Å²) >= 11 is 9.63. The molecule has 0 saturated heterocycles. The molecule has 2 nitrogen and oxygen atoms in total. The van der Waals surface area contributed by atoms with E-state index in [-0.39, 0.29) is 5.92 Å². The van der Waals surface area contributed by atoms with E-state index in [1.54, 1.807) is 0 Å². The summed E-state index contributed by atoms with van der Waals surface area (Å²) in [5, 5.41) is 1.44. The maximum atomic E-state index is 6.22. The van der Waals surface area contributed by atoms with Crippen LogP contribution in [0.3, 0.4) is 0 Å². The van der Waals surface area contributed by atoms with E-state index in [1.165, 1.54) is 5.56 Å². The molecule has 0 bridgehead atoms. The first-order valence-corrected chi connectivity index (χ1v) is 7.97. The van der Waals surface area contributed by atoms with E-state index in [0.717, 1.165) is 22.4 Å². The lowest BCUT2D eigenvalue weighted by molar-refractivity contribution is 0.248. The van der Waals surface area contributed by atoms with E-state index in [0.29, 0.717) is 18.2 Å². The highest BCUT2D eigenvalue weighted by atomic mass is 79.9. The second-order valence-electron chi connectivity index (χ2n) is 4.76. The first-order chi connectivity index (χ1) is 9.78. The fourth-order valence-corrected chi connectivity index (χ4v) is 2.91. The lowest BCUT2D eigenvalue weighted by Gasteiger charge is -2.13. The van der Waals surface area contributed by atoms with Crippen molar-refractivity contribution < 1.29 is 9.47 Å². The minimum absolute atomic E-state index is 0.262. The van der Waals surface area contributed by atoms with Crippen molar-refractivity contribution in [1.82, 2.24) is 0 Å². The number of hydrogen-bond donors (Lipinski definition) is 0. The van der Waals surface area contributed by atoms with Crippen LogP contribution in [0.25, 0.3) is 0 Å². The minimum Gasteiger partial charge on any atom is -0.493 e. The van der Waals surface area contributed by atoms with Crippen molar-refractivity contribution in [2.24, 2.45) is 0 Å². The summed E-state index contributed by atoms with van der Waals surface area (Å²) < 4.78 is 11.5. The van der Waals surface area contributed by atoms with E-state index in [4.69, 9.17) is 21.1 Å². The third-order valence-electron chi connectivity index (χ3n) is 3.39. The number of para-hydroxylation sites is 1. The van der Waals surface area contributed by atoms with E-state index in [9.17, 15) is 0 Å². The van der Waals surface area contributed by atoms with Gasteiger partial charge in [-0.2, -0.15) is 0 Å². The number of benzene rings is 2. The van der Waals surface area contributed by atoms with Crippen molar-refractivity contribution in [3.05, 3.63) is 58.6 Å². The average molecular weight is 354 g/mol. The normalized spacial score (nSPS) is 16.6. The summed E-state index contributed by atoms with van der Waals surface area (Å²) in [6.07, 6.45) is 0. The standard InChI is InChI=1S/C16H14BrClO2/c17-8-11-5-6-16(14(18)7-11)20-10-12-9-19-15-4-2-1-3-13(12)15/h1-7,12H,8-10H2. The van der Waals surface area contributed by atoms with Crippen molar-refractivity contribution in [3.63, 3.8) is 0 Å². The zero-order chi connectivity index (χ0) is 13.9. The fraction of sp³-hybridized carbons (Fsp3) is 0.250. The summed E-state index contributed by atoms with van der Waals surface area (Å²) in [5.74, 6) is 1.95. The Morgan fingerprint density at radius 1 is 1.25 bits per heavy atom. The molecule has 1 aliphatic heterocycles. The van der Waals surface area contributed by atoms with Gasteiger partial charge in [-0.3, -0.25) is 0 Å². The van der Waals surface area contributed by atoms with Gasteiger partial charge in [-0.1, -0.05) is 51.8 Å². The molecular weight excluding hydrogens is 340 g/mol. The lowest BCUT2D eigenvalue weighted by Crippen LogP contribution is -2.11. The average Bonchev–Trinajstić information content (AvgIpc) is 2.89. The molecule has 104 valence electrons. The second-order valence-corrected chi connectivity index (χ2v) is 5.72. The highest BCUT2D eigenvalue weighted by molar-refractivity contribution is 9.08. The minimum atomic E-state index is 0.262. The van der Waals surface area contributed by atoms with Gasteiger partial charge in [0.2, 0.25) is 0 Å². The monoisotopic (exact) mass is 352 g/mol. The molecule has 0 fully saturated rings. The van der Waals surface area contributed by atoms with Crippen LogP contribution in [0.4, 0.5) is 0 Å². The van der Waals surface area contributed by atoms with Gasteiger partial charge in [0.25, 0.3) is 0 Å². The molecule has 0 amide bonds. The summed E-state index contributed by atoms with van der Waals surface area (Å²) in [6, 6.07) is 13.9. The molecule has 0 saturated carbocycles. The molecule has 0 N–H and O–H groups in total. The van der Waals surface area contributed by atoms with Gasteiger partial charge < -0.3 is 9.47 Å². The Balaban J connectivity index is 1.69. The highest BCUT2D eigenvalue weighted by Gasteiger charge is 2.24. The number of rotatable bonds is 4. The van der Waals surface area contributed by atoms with Crippen molar-refractivity contribution in [3.8, 4) is 11.5 Å². The molecule has 4 heteroatoms. The molecule has 2 aromatic rings. The summed E-state index contributed by atoms with van der Waals surface area (Å²) in [6.45, 7) is 1.24. The largest absolute Gasteiger partial charge is 0.493 e. The molecular formula is C16H14BrClO2. The van der Waals surface area contributed by atoms with Crippen LogP contribution in [0.2, 0.25) is 5.02 Å². The van der Waals surface area contributed by atoms with Gasteiger partial charge in [0.05, 0.1) is 24.2 Å². The quantitative estimate of drug-likeness (QED) is 0.736. The number of hydrogen-bond acceptors (Lipinski definition) is 2. The fourth-order valence-electron chi connectivity index (χ4n) is 2.30. The number of ether oxygens (including phenoxy) is 2. The maximum absolute atomic E-state index is 6.22. The van der Waals surface area contributed by atoms with Gasteiger partial charge in [0.15, 0.2) is 0 Å². The molecule has 3 rings (SSSR count). The van der Waals surface area contributed by atoms with Gasteiger partial charge >= 0.3 is 0 Å².